The Bertz CT molecular complexity index is 416. The van der Waals surface area contributed by atoms with Crippen molar-refractivity contribution >= 4 is 17.5 Å². The average molecular weight is 269 g/mol. The van der Waals surface area contributed by atoms with E-state index in [2.05, 4.69) is 0 Å². The van der Waals surface area contributed by atoms with Crippen molar-refractivity contribution in [1.82, 2.24) is 4.90 Å². The lowest BCUT2D eigenvalue weighted by Crippen LogP contribution is -2.53. The zero-order valence-electron chi connectivity index (χ0n) is 11.2. The molecular weight excluding hydrogens is 248 g/mol. The van der Waals surface area contributed by atoms with Gasteiger partial charge in [0.2, 0.25) is 5.91 Å². The Balaban J connectivity index is 2.77. The van der Waals surface area contributed by atoms with Crippen LogP contribution in [0, 0.1) is 0 Å². The fourth-order valence-electron chi connectivity index (χ4n) is 1.91. The zero-order chi connectivity index (χ0) is 13.8. The topological polar surface area (TPSA) is 46.3 Å². The minimum Gasteiger partial charge on any atom is -0.340 e. The maximum absolute atomic E-state index is 12.3. The van der Waals surface area contributed by atoms with Gasteiger partial charge in [-0.25, -0.2) is 0 Å². The van der Waals surface area contributed by atoms with E-state index in [4.69, 9.17) is 17.3 Å². The van der Waals surface area contributed by atoms with Gasteiger partial charge < -0.3 is 10.6 Å². The molecule has 0 fully saturated rings. The predicted octanol–water partition coefficient (Wildman–Crippen LogP) is 2.82. The SMILES string of the molecule is CCC(N)(CC)C(=O)N(C)Cc1cccc(Cl)c1. The van der Waals surface area contributed by atoms with Gasteiger partial charge in [0.05, 0.1) is 5.54 Å². The van der Waals surface area contributed by atoms with E-state index in [1.807, 2.05) is 38.1 Å². The highest BCUT2D eigenvalue weighted by Gasteiger charge is 2.32. The number of nitrogens with two attached hydrogens (primary N) is 1. The number of halogens is 1. The Kier molecular flexibility index (Phi) is 5.17. The van der Waals surface area contributed by atoms with Crippen LogP contribution >= 0.6 is 11.6 Å². The molecule has 0 heterocycles. The Morgan fingerprint density at radius 3 is 2.50 bits per heavy atom. The number of nitrogens with zero attached hydrogens (tertiary/aromatic N) is 1. The van der Waals surface area contributed by atoms with Crippen LogP contribution in [-0.4, -0.2) is 23.4 Å². The molecule has 4 heteroatoms. The third-order valence-electron chi connectivity index (χ3n) is 3.34. The third-order valence-corrected chi connectivity index (χ3v) is 3.58. The number of rotatable bonds is 5. The van der Waals surface area contributed by atoms with Crippen LogP contribution in [-0.2, 0) is 11.3 Å². The first-order valence-electron chi connectivity index (χ1n) is 6.22. The highest BCUT2D eigenvalue weighted by atomic mass is 35.5. The molecule has 0 radical (unpaired) electrons. The van der Waals surface area contributed by atoms with Gasteiger partial charge in [-0.05, 0) is 30.5 Å². The van der Waals surface area contributed by atoms with Crippen LogP contribution in [0.2, 0.25) is 5.02 Å². The Morgan fingerprint density at radius 2 is 2.00 bits per heavy atom. The van der Waals surface area contributed by atoms with Crippen LogP contribution in [0.3, 0.4) is 0 Å². The average Bonchev–Trinajstić information content (AvgIpc) is 2.37. The lowest BCUT2D eigenvalue weighted by atomic mass is 9.92. The molecule has 1 rings (SSSR count). The first-order valence-corrected chi connectivity index (χ1v) is 6.59. The maximum Gasteiger partial charge on any atom is 0.242 e. The van der Waals surface area contributed by atoms with Crippen LogP contribution in [0.4, 0.5) is 0 Å². The molecule has 0 saturated carbocycles. The predicted molar refractivity (Wildman–Crippen MR) is 75.4 cm³/mol. The second kappa shape index (κ2) is 6.21. The van der Waals surface area contributed by atoms with E-state index in [0.29, 0.717) is 24.4 Å². The molecule has 1 amide bonds. The van der Waals surface area contributed by atoms with E-state index in [0.717, 1.165) is 5.56 Å². The number of hydrogen-bond acceptors (Lipinski definition) is 2. The van der Waals surface area contributed by atoms with Crippen molar-refractivity contribution in [3.8, 4) is 0 Å². The van der Waals surface area contributed by atoms with E-state index in [1.165, 1.54) is 0 Å². The third kappa shape index (κ3) is 3.47. The Morgan fingerprint density at radius 1 is 1.39 bits per heavy atom. The highest BCUT2D eigenvalue weighted by molar-refractivity contribution is 6.30. The summed E-state index contributed by atoms with van der Waals surface area (Å²) < 4.78 is 0. The summed E-state index contributed by atoms with van der Waals surface area (Å²) in [6.07, 6.45) is 1.28. The number of likely N-dealkylation sites (N-methyl/N-ethyl adjacent to an activating group) is 1. The quantitative estimate of drug-likeness (QED) is 0.893. The van der Waals surface area contributed by atoms with Gasteiger partial charge in [-0.3, -0.25) is 4.79 Å². The van der Waals surface area contributed by atoms with E-state index in [9.17, 15) is 4.79 Å². The summed E-state index contributed by atoms with van der Waals surface area (Å²) in [4.78, 5) is 13.9. The maximum atomic E-state index is 12.3. The molecule has 0 spiro atoms. The first-order chi connectivity index (χ1) is 8.42. The second-order valence-corrected chi connectivity index (χ2v) is 5.09. The van der Waals surface area contributed by atoms with Crippen molar-refractivity contribution < 1.29 is 4.79 Å². The van der Waals surface area contributed by atoms with Gasteiger partial charge in [0.25, 0.3) is 0 Å². The molecule has 0 aliphatic rings. The molecule has 0 atom stereocenters. The van der Waals surface area contributed by atoms with E-state index < -0.39 is 5.54 Å². The van der Waals surface area contributed by atoms with Gasteiger partial charge in [0, 0.05) is 18.6 Å². The number of carbonyl (C=O) groups excluding carboxylic acids is 1. The summed E-state index contributed by atoms with van der Waals surface area (Å²) >= 11 is 5.92. The lowest BCUT2D eigenvalue weighted by Gasteiger charge is -2.30. The molecule has 1 aromatic rings. The molecule has 0 aliphatic carbocycles. The van der Waals surface area contributed by atoms with Gasteiger partial charge in [0.1, 0.15) is 0 Å². The fourth-order valence-corrected chi connectivity index (χ4v) is 2.13. The minimum absolute atomic E-state index is 0.0209. The van der Waals surface area contributed by atoms with E-state index >= 15 is 0 Å². The van der Waals surface area contributed by atoms with Gasteiger partial charge >= 0.3 is 0 Å². The Hall–Kier alpha value is -1.06. The summed E-state index contributed by atoms with van der Waals surface area (Å²) in [6.45, 7) is 4.40. The van der Waals surface area contributed by atoms with Crippen molar-refractivity contribution in [2.45, 2.75) is 38.8 Å². The summed E-state index contributed by atoms with van der Waals surface area (Å²) in [5.41, 5.74) is 6.36. The number of carbonyl (C=O) groups is 1. The van der Waals surface area contributed by atoms with Gasteiger partial charge in [-0.15, -0.1) is 0 Å². The first kappa shape index (κ1) is 15.0. The largest absolute Gasteiger partial charge is 0.340 e. The monoisotopic (exact) mass is 268 g/mol. The number of hydrogen-bond donors (Lipinski definition) is 1. The molecule has 2 N–H and O–H groups in total. The molecule has 3 nitrogen and oxygen atoms in total. The number of amides is 1. The van der Waals surface area contributed by atoms with Crippen LogP contribution in [0.1, 0.15) is 32.3 Å². The highest BCUT2D eigenvalue weighted by Crippen LogP contribution is 2.17. The molecule has 0 saturated heterocycles. The molecule has 0 aliphatic heterocycles. The minimum atomic E-state index is -0.757. The van der Waals surface area contributed by atoms with Gasteiger partial charge in [-0.2, -0.15) is 0 Å². The summed E-state index contributed by atoms with van der Waals surface area (Å²) in [6, 6.07) is 7.51. The summed E-state index contributed by atoms with van der Waals surface area (Å²) in [5, 5.41) is 0.679. The molecule has 100 valence electrons. The van der Waals surface area contributed by atoms with Crippen molar-refractivity contribution in [2.24, 2.45) is 5.73 Å². The van der Waals surface area contributed by atoms with E-state index in [-0.39, 0.29) is 5.91 Å². The summed E-state index contributed by atoms with van der Waals surface area (Å²) in [7, 11) is 1.77. The van der Waals surface area contributed by atoms with Crippen molar-refractivity contribution in [1.29, 1.82) is 0 Å². The van der Waals surface area contributed by atoms with Crippen molar-refractivity contribution in [2.75, 3.05) is 7.05 Å². The van der Waals surface area contributed by atoms with Gasteiger partial charge in [-0.1, -0.05) is 37.6 Å². The molecule has 0 bridgehead atoms. The van der Waals surface area contributed by atoms with Crippen molar-refractivity contribution in [3.05, 3.63) is 34.9 Å². The van der Waals surface area contributed by atoms with Crippen LogP contribution < -0.4 is 5.73 Å². The standard InChI is InChI=1S/C14H21ClN2O/c1-4-14(16,5-2)13(18)17(3)10-11-7-6-8-12(15)9-11/h6-9H,4-5,10,16H2,1-3H3. The Labute approximate surface area is 114 Å². The molecule has 1 aromatic carbocycles. The van der Waals surface area contributed by atoms with Crippen LogP contribution in [0.5, 0.6) is 0 Å². The van der Waals surface area contributed by atoms with E-state index in [1.54, 1.807) is 11.9 Å². The van der Waals surface area contributed by atoms with Crippen molar-refractivity contribution in [3.63, 3.8) is 0 Å². The second-order valence-electron chi connectivity index (χ2n) is 4.65. The molecule has 18 heavy (non-hydrogen) atoms. The van der Waals surface area contributed by atoms with Gasteiger partial charge in [0.15, 0.2) is 0 Å². The van der Waals surface area contributed by atoms with Crippen LogP contribution in [0.25, 0.3) is 0 Å². The number of benzene rings is 1. The smallest absolute Gasteiger partial charge is 0.242 e. The molecular formula is C14H21ClN2O. The summed E-state index contributed by atoms with van der Waals surface area (Å²) in [5.74, 6) is -0.0209. The normalized spacial score (nSPS) is 11.4. The molecule has 0 aromatic heterocycles. The lowest BCUT2D eigenvalue weighted by molar-refractivity contribution is -0.136. The van der Waals surface area contributed by atoms with Crippen LogP contribution in [0.15, 0.2) is 24.3 Å². The molecule has 0 unspecified atom stereocenters. The fraction of sp³-hybridized carbons (Fsp3) is 0.500. The zero-order valence-corrected chi connectivity index (χ0v) is 12.0.